The van der Waals surface area contributed by atoms with Crippen LogP contribution in [0.1, 0.15) is 13.8 Å². The van der Waals surface area contributed by atoms with Gasteiger partial charge >= 0.3 is 0 Å². The lowest BCUT2D eigenvalue weighted by Gasteiger charge is -2.22. The van der Waals surface area contributed by atoms with Crippen molar-refractivity contribution in [3.8, 4) is 0 Å². The molecule has 11 heavy (non-hydrogen) atoms. The molecule has 3 heteroatoms. The Balaban J connectivity index is 3.50. The summed E-state index contributed by atoms with van der Waals surface area (Å²) in [7, 11) is 0. The highest BCUT2D eigenvalue weighted by Gasteiger charge is 2.04. The van der Waals surface area contributed by atoms with E-state index in [1.54, 1.807) is 0 Å². The van der Waals surface area contributed by atoms with E-state index in [2.05, 4.69) is 44.0 Å². The Bertz CT molecular complexity index is 80.2. The molecule has 0 rings (SSSR count). The molecule has 0 aliphatic carbocycles. The molecule has 0 atom stereocenters. The third-order valence-electron chi connectivity index (χ3n) is 1.46. The lowest BCUT2D eigenvalue weighted by molar-refractivity contribution is 0.274. The Labute approximate surface area is 81.4 Å². The minimum Gasteiger partial charge on any atom is -0.301 e. The molecule has 0 saturated heterocycles. The quantitative estimate of drug-likeness (QED) is 0.609. The molecule has 0 aliphatic heterocycles. The van der Waals surface area contributed by atoms with Crippen molar-refractivity contribution in [1.29, 1.82) is 0 Å². The third kappa shape index (κ3) is 7.04. The number of rotatable bonds is 6. The molecule has 0 aliphatic rings. The highest BCUT2D eigenvalue weighted by Crippen LogP contribution is 1.98. The zero-order valence-corrected chi connectivity index (χ0v) is 9.24. The smallest absolute Gasteiger partial charge is 0.00703 e. The maximum Gasteiger partial charge on any atom is 0.00703 e. The first-order valence-corrected chi connectivity index (χ1v) is 5.41. The van der Waals surface area contributed by atoms with Crippen molar-refractivity contribution in [2.45, 2.75) is 13.8 Å². The number of hydrogen-bond donors (Lipinski definition) is 2. The molecule has 0 aromatic carbocycles. The molecule has 0 spiro atoms. The molecule has 0 bridgehead atoms. The summed E-state index contributed by atoms with van der Waals surface area (Å²) in [5.41, 5.74) is 0. The zero-order valence-electron chi connectivity index (χ0n) is 7.45. The highest BCUT2D eigenvalue weighted by molar-refractivity contribution is 7.80. The summed E-state index contributed by atoms with van der Waals surface area (Å²) in [5, 5.41) is 0. The number of hydrogen-bond acceptors (Lipinski definition) is 3. The largest absolute Gasteiger partial charge is 0.301 e. The van der Waals surface area contributed by atoms with Crippen LogP contribution in [0.3, 0.4) is 0 Å². The molecule has 68 valence electrons. The van der Waals surface area contributed by atoms with Crippen molar-refractivity contribution in [2.75, 3.05) is 31.1 Å². The van der Waals surface area contributed by atoms with Gasteiger partial charge in [0.1, 0.15) is 0 Å². The predicted molar refractivity (Wildman–Crippen MR) is 59.0 cm³/mol. The molecular weight excluding hydrogens is 174 g/mol. The van der Waals surface area contributed by atoms with Crippen molar-refractivity contribution in [3.63, 3.8) is 0 Å². The van der Waals surface area contributed by atoms with Crippen LogP contribution in [-0.2, 0) is 0 Å². The Morgan fingerprint density at radius 2 is 1.55 bits per heavy atom. The van der Waals surface area contributed by atoms with Crippen LogP contribution in [0.5, 0.6) is 0 Å². The van der Waals surface area contributed by atoms with E-state index in [1.165, 1.54) is 6.54 Å². The first-order valence-electron chi connectivity index (χ1n) is 4.14. The van der Waals surface area contributed by atoms with E-state index in [0.29, 0.717) is 0 Å². The summed E-state index contributed by atoms with van der Waals surface area (Å²) in [6.07, 6.45) is 0. The fourth-order valence-electron chi connectivity index (χ4n) is 1.09. The lowest BCUT2D eigenvalue weighted by Crippen LogP contribution is -2.31. The summed E-state index contributed by atoms with van der Waals surface area (Å²) in [4.78, 5) is 2.41. The highest BCUT2D eigenvalue weighted by atomic mass is 32.1. The SMILES string of the molecule is CC(C)CN(CCS)CCS. The van der Waals surface area contributed by atoms with Gasteiger partial charge in [-0.15, -0.1) is 0 Å². The molecule has 0 unspecified atom stereocenters. The molecule has 0 aromatic heterocycles. The first kappa shape index (κ1) is 11.7. The second kappa shape index (κ2) is 7.32. The predicted octanol–water partition coefficient (Wildman–Crippen LogP) is 1.80. The normalized spacial score (nSPS) is 11.5. The fraction of sp³-hybridized carbons (Fsp3) is 1.00. The maximum absolute atomic E-state index is 4.21. The van der Waals surface area contributed by atoms with Gasteiger partial charge in [-0.1, -0.05) is 13.8 Å². The van der Waals surface area contributed by atoms with E-state index in [4.69, 9.17) is 0 Å². The van der Waals surface area contributed by atoms with E-state index in [0.717, 1.165) is 30.5 Å². The van der Waals surface area contributed by atoms with Crippen LogP contribution in [0.2, 0.25) is 0 Å². The van der Waals surface area contributed by atoms with Crippen molar-refractivity contribution < 1.29 is 0 Å². The van der Waals surface area contributed by atoms with Crippen LogP contribution in [-0.4, -0.2) is 36.0 Å². The minimum absolute atomic E-state index is 0.745. The Hall–Kier alpha value is 0.660. The van der Waals surface area contributed by atoms with E-state index >= 15 is 0 Å². The standard InChI is InChI=1S/C8H19NS2/c1-8(2)7-9(3-5-10)4-6-11/h8,10-11H,3-7H2,1-2H3. The zero-order chi connectivity index (χ0) is 8.69. The van der Waals surface area contributed by atoms with Crippen LogP contribution in [0.25, 0.3) is 0 Å². The molecule has 1 nitrogen and oxygen atoms in total. The van der Waals surface area contributed by atoms with Gasteiger partial charge in [0, 0.05) is 31.1 Å². The summed E-state index contributed by atoms with van der Waals surface area (Å²) in [6, 6.07) is 0. The fourth-order valence-corrected chi connectivity index (χ4v) is 1.66. The van der Waals surface area contributed by atoms with Crippen LogP contribution in [0.15, 0.2) is 0 Å². The monoisotopic (exact) mass is 193 g/mol. The van der Waals surface area contributed by atoms with Crippen molar-refractivity contribution >= 4 is 25.3 Å². The van der Waals surface area contributed by atoms with Crippen LogP contribution in [0, 0.1) is 5.92 Å². The van der Waals surface area contributed by atoms with Gasteiger partial charge in [-0.3, -0.25) is 0 Å². The first-order chi connectivity index (χ1) is 5.20. The average Bonchev–Trinajstić information content (AvgIpc) is 1.87. The van der Waals surface area contributed by atoms with Gasteiger partial charge in [0.2, 0.25) is 0 Å². The molecule has 0 amide bonds. The van der Waals surface area contributed by atoms with E-state index in [9.17, 15) is 0 Å². The van der Waals surface area contributed by atoms with Gasteiger partial charge in [-0.05, 0) is 5.92 Å². The summed E-state index contributed by atoms with van der Waals surface area (Å²) in [5.74, 6) is 2.64. The molecule has 0 saturated carbocycles. The molecular formula is C8H19NS2. The van der Waals surface area contributed by atoms with Crippen LogP contribution < -0.4 is 0 Å². The minimum atomic E-state index is 0.745. The second-order valence-electron chi connectivity index (χ2n) is 3.14. The molecule has 0 aromatic rings. The third-order valence-corrected chi connectivity index (χ3v) is 1.86. The summed E-state index contributed by atoms with van der Waals surface area (Å²) in [6.45, 7) is 7.82. The Kier molecular flexibility index (Phi) is 7.76. The lowest BCUT2D eigenvalue weighted by atomic mass is 10.2. The van der Waals surface area contributed by atoms with E-state index in [1.807, 2.05) is 0 Å². The average molecular weight is 193 g/mol. The molecule has 0 radical (unpaired) electrons. The van der Waals surface area contributed by atoms with E-state index < -0.39 is 0 Å². The van der Waals surface area contributed by atoms with Crippen LogP contribution >= 0.6 is 25.3 Å². The van der Waals surface area contributed by atoms with Gasteiger partial charge in [-0.2, -0.15) is 25.3 Å². The van der Waals surface area contributed by atoms with Crippen LogP contribution in [0.4, 0.5) is 0 Å². The van der Waals surface area contributed by atoms with Crippen molar-refractivity contribution in [3.05, 3.63) is 0 Å². The van der Waals surface area contributed by atoms with Gasteiger partial charge in [-0.25, -0.2) is 0 Å². The molecule has 0 N–H and O–H groups in total. The maximum atomic E-state index is 4.21. The van der Waals surface area contributed by atoms with Gasteiger partial charge in [0.25, 0.3) is 0 Å². The topological polar surface area (TPSA) is 3.24 Å². The molecule has 0 fully saturated rings. The second-order valence-corrected chi connectivity index (χ2v) is 4.04. The van der Waals surface area contributed by atoms with Gasteiger partial charge in [0.05, 0.1) is 0 Å². The molecule has 0 heterocycles. The van der Waals surface area contributed by atoms with Gasteiger partial charge < -0.3 is 4.90 Å². The van der Waals surface area contributed by atoms with Crippen molar-refractivity contribution in [1.82, 2.24) is 4.90 Å². The number of thiol groups is 2. The summed E-state index contributed by atoms with van der Waals surface area (Å²) < 4.78 is 0. The Morgan fingerprint density at radius 1 is 1.09 bits per heavy atom. The van der Waals surface area contributed by atoms with Crippen molar-refractivity contribution in [2.24, 2.45) is 5.92 Å². The Morgan fingerprint density at radius 3 is 1.82 bits per heavy atom. The van der Waals surface area contributed by atoms with E-state index in [-0.39, 0.29) is 0 Å². The summed E-state index contributed by atoms with van der Waals surface area (Å²) >= 11 is 8.42. The van der Waals surface area contributed by atoms with Gasteiger partial charge in [0.15, 0.2) is 0 Å². The number of nitrogens with zero attached hydrogens (tertiary/aromatic N) is 1.